The van der Waals surface area contributed by atoms with Crippen LogP contribution in [0.3, 0.4) is 0 Å². The molecule has 2 N–H and O–H groups in total. The molecule has 0 saturated heterocycles. The summed E-state index contributed by atoms with van der Waals surface area (Å²) in [4.78, 5) is 37.2. The monoisotopic (exact) mass is 635 g/mol. The molecule has 11 nitrogen and oxygen atoms in total. The van der Waals surface area contributed by atoms with Crippen molar-refractivity contribution in [2.45, 2.75) is 89.9 Å². The number of carbonyl (C=O) groups excluding carboxylic acids is 2. The van der Waals surface area contributed by atoms with E-state index in [1.807, 2.05) is 32.0 Å². The van der Waals surface area contributed by atoms with Crippen molar-refractivity contribution >= 4 is 28.0 Å². The maximum Gasteiger partial charge on any atom is 0.407 e. The second-order valence-corrected chi connectivity index (χ2v) is 14.2. The van der Waals surface area contributed by atoms with Crippen molar-refractivity contribution in [3.8, 4) is 17.1 Å². The van der Waals surface area contributed by atoms with Gasteiger partial charge in [-0.05, 0) is 82.2 Å². The Kier molecular flexibility index (Phi) is 9.33. The number of nitrogens with zero attached hydrogens (tertiary/aromatic N) is 3. The zero-order valence-electron chi connectivity index (χ0n) is 26.5. The minimum atomic E-state index is -4.16. The molecule has 5 rings (SSSR count). The van der Waals surface area contributed by atoms with E-state index in [9.17, 15) is 18.0 Å². The van der Waals surface area contributed by atoms with Crippen LogP contribution in [0.15, 0.2) is 53.4 Å². The Hall–Kier alpha value is -4.19. The summed E-state index contributed by atoms with van der Waals surface area (Å²) in [6.07, 6.45) is 0.956. The van der Waals surface area contributed by atoms with Crippen molar-refractivity contribution in [3.05, 3.63) is 65.2 Å². The highest BCUT2D eigenvalue weighted by Gasteiger charge is 2.41. The zero-order chi connectivity index (χ0) is 32.5. The quantitative estimate of drug-likeness (QED) is 0.363. The maximum absolute atomic E-state index is 14.2. The Bertz CT molecular complexity index is 1670. The van der Waals surface area contributed by atoms with E-state index in [1.165, 1.54) is 12.1 Å². The van der Waals surface area contributed by atoms with Crippen LogP contribution in [-0.2, 0) is 14.8 Å². The van der Waals surface area contributed by atoms with Crippen LogP contribution < -0.4 is 14.8 Å². The van der Waals surface area contributed by atoms with Crippen molar-refractivity contribution in [1.29, 1.82) is 0 Å². The van der Waals surface area contributed by atoms with Crippen LogP contribution in [0.1, 0.15) is 68.4 Å². The van der Waals surface area contributed by atoms with Crippen LogP contribution in [0.4, 0.5) is 10.7 Å². The predicted octanol–water partition coefficient (Wildman–Crippen LogP) is 5.48. The third-order valence-electron chi connectivity index (χ3n) is 8.02. The van der Waals surface area contributed by atoms with Crippen LogP contribution in [0.25, 0.3) is 11.3 Å². The summed E-state index contributed by atoms with van der Waals surface area (Å²) < 4.78 is 41.2. The number of rotatable bonds is 6. The van der Waals surface area contributed by atoms with Crippen LogP contribution in [0.2, 0.25) is 0 Å². The molecule has 2 amide bonds. The van der Waals surface area contributed by atoms with Crippen molar-refractivity contribution in [2.24, 2.45) is 5.92 Å². The van der Waals surface area contributed by atoms with E-state index in [4.69, 9.17) is 9.47 Å². The van der Waals surface area contributed by atoms with E-state index in [1.54, 1.807) is 36.9 Å². The average Bonchev–Trinajstić information content (AvgIpc) is 2.93. The lowest BCUT2D eigenvalue weighted by Crippen LogP contribution is -2.59. The van der Waals surface area contributed by atoms with Gasteiger partial charge >= 0.3 is 6.09 Å². The number of fused-ring (bicyclic) bond motifs is 4. The molecule has 1 fully saturated rings. The summed E-state index contributed by atoms with van der Waals surface area (Å²) >= 11 is 0. The number of benzene rings is 2. The van der Waals surface area contributed by atoms with Gasteiger partial charge in [-0.1, -0.05) is 38.1 Å². The topological polar surface area (TPSA) is 140 Å². The molecule has 2 heterocycles. The molecule has 2 aromatic carbocycles. The number of hydrogen-bond donors (Lipinski definition) is 2. The second-order valence-electron chi connectivity index (χ2n) is 12.5. The Morgan fingerprint density at radius 3 is 2.42 bits per heavy atom. The SMILES string of the molecule is Cc1cccc(C)c1-c1cc2nc(n1)NS(=O)(=O)c1cccc(c1)C(=O)N(C1CC(NC(=O)OC(C)C)C1)[C@H](CC(C)C)CO2. The minimum absolute atomic E-state index is 0.0823. The molecule has 0 spiro atoms. The first-order chi connectivity index (χ1) is 21.3. The average molecular weight is 636 g/mol. The molecule has 240 valence electrons. The molecule has 2 aliphatic rings. The minimum Gasteiger partial charge on any atom is -0.475 e. The predicted molar refractivity (Wildman–Crippen MR) is 171 cm³/mol. The van der Waals surface area contributed by atoms with E-state index >= 15 is 0 Å². The van der Waals surface area contributed by atoms with Gasteiger partial charge in [0.15, 0.2) is 0 Å². The molecular formula is C33H41N5O6S. The van der Waals surface area contributed by atoms with E-state index in [-0.39, 0.29) is 64.9 Å². The molecule has 1 atom stereocenters. The van der Waals surface area contributed by atoms with Gasteiger partial charge in [-0.15, -0.1) is 0 Å². The first-order valence-corrected chi connectivity index (χ1v) is 16.8. The number of alkyl carbamates (subject to hydrolysis) is 1. The number of aryl methyl sites for hydroxylation is 2. The molecule has 1 aromatic heterocycles. The number of ether oxygens (including phenoxy) is 2. The van der Waals surface area contributed by atoms with Gasteiger partial charge in [-0.25, -0.2) is 22.9 Å². The van der Waals surface area contributed by atoms with Crippen LogP contribution in [0.5, 0.6) is 5.88 Å². The summed E-state index contributed by atoms with van der Waals surface area (Å²) in [5, 5.41) is 2.88. The van der Waals surface area contributed by atoms with E-state index in [0.29, 0.717) is 25.0 Å². The van der Waals surface area contributed by atoms with Gasteiger partial charge in [-0.3, -0.25) is 4.79 Å². The summed E-state index contributed by atoms with van der Waals surface area (Å²) in [5.74, 6) is -0.0153. The van der Waals surface area contributed by atoms with Crippen molar-refractivity contribution in [3.63, 3.8) is 0 Å². The molecule has 3 aromatic rings. The fourth-order valence-electron chi connectivity index (χ4n) is 5.98. The van der Waals surface area contributed by atoms with Gasteiger partial charge in [-0.2, -0.15) is 4.98 Å². The number of anilines is 1. The highest BCUT2D eigenvalue weighted by molar-refractivity contribution is 7.92. The summed E-state index contributed by atoms with van der Waals surface area (Å²) in [6, 6.07) is 12.9. The molecule has 1 saturated carbocycles. The summed E-state index contributed by atoms with van der Waals surface area (Å²) in [6.45, 7) is 11.8. The smallest absolute Gasteiger partial charge is 0.407 e. The van der Waals surface area contributed by atoms with Gasteiger partial charge in [0.05, 0.1) is 22.7 Å². The third-order valence-corrected chi connectivity index (χ3v) is 9.35. The van der Waals surface area contributed by atoms with Crippen LogP contribution in [0, 0.1) is 19.8 Å². The fraction of sp³-hybridized carbons (Fsp3) is 0.455. The Balaban J connectivity index is 1.56. The lowest BCUT2D eigenvalue weighted by Gasteiger charge is -2.46. The van der Waals surface area contributed by atoms with Crippen molar-refractivity contribution in [2.75, 3.05) is 11.3 Å². The van der Waals surface area contributed by atoms with Gasteiger partial charge in [0.2, 0.25) is 11.8 Å². The number of nitrogens with one attached hydrogen (secondary N) is 2. The zero-order valence-corrected chi connectivity index (χ0v) is 27.3. The largest absolute Gasteiger partial charge is 0.475 e. The molecule has 0 radical (unpaired) electrons. The molecule has 1 aliphatic heterocycles. The number of amides is 2. The molecule has 12 heteroatoms. The number of hydrogen-bond acceptors (Lipinski definition) is 8. The van der Waals surface area contributed by atoms with Crippen molar-refractivity contribution < 1.29 is 27.5 Å². The standard InChI is InChI=1S/C33H41N5O6S/c1-19(2)13-26-18-43-29-17-28(30-21(5)9-7-10-22(30)6)35-32(36-29)37-45(41,42)27-12-8-11-23(14-27)31(39)38(26)25-15-24(16-25)34-33(40)44-20(3)4/h7-12,14,17,19-20,24-26H,13,15-16,18H2,1-6H3,(H,34,40)(H,35,36,37)/t24?,25?,26-/m1/s1. The lowest BCUT2D eigenvalue weighted by atomic mass is 9.83. The molecule has 4 bridgehead atoms. The molecule has 45 heavy (non-hydrogen) atoms. The Labute approximate surface area is 264 Å². The normalized spacial score (nSPS) is 21.0. The van der Waals surface area contributed by atoms with Gasteiger partial charge in [0.1, 0.15) is 6.61 Å². The third kappa shape index (κ3) is 7.38. The maximum atomic E-state index is 14.2. The molecule has 0 unspecified atom stereocenters. The summed E-state index contributed by atoms with van der Waals surface area (Å²) in [7, 11) is -4.16. The van der Waals surface area contributed by atoms with E-state index in [2.05, 4.69) is 33.9 Å². The Morgan fingerprint density at radius 2 is 1.76 bits per heavy atom. The fourth-order valence-corrected chi connectivity index (χ4v) is 6.97. The van der Waals surface area contributed by atoms with Crippen LogP contribution in [-0.4, -0.2) is 66.1 Å². The van der Waals surface area contributed by atoms with Gasteiger partial charge in [0, 0.05) is 29.3 Å². The number of sulfonamides is 1. The molecular weight excluding hydrogens is 594 g/mol. The number of aromatic nitrogens is 2. The highest BCUT2D eigenvalue weighted by Crippen LogP contribution is 2.33. The second kappa shape index (κ2) is 13.0. The van der Waals surface area contributed by atoms with E-state index < -0.39 is 16.1 Å². The lowest BCUT2D eigenvalue weighted by molar-refractivity contribution is 0.0203. The van der Waals surface area contributed by atoms with Crippen LogP contribution >= 0.6 is 0 Å². The number of carbonyl (C=O) groups is 2. The first kappa shape index (κ1) is 32.2. The first-order valence-electron chi connectivity index (χ1n) is 15.3. The van der Waals surface area contributed by atoms with Crippen molar-refractivity contribution in [1.82, 2.24) is 20.2 Å². The highest BCUT2D eigenvalue weighted by atomic mass is 32.2. The van der Waals surface area contributed by atoms with Gasteiger partial charge in [0.25, 0.3) is 15.9 Å². The molecule has 1 aliphatic carbocycles. The van der Waals surface area contributed by atoms with E-state index in [0.717, 1.165) is 16.7 Å². The Morgan fingerprint density at radius 1 is 1.07 bits per heavy atom. The summed E-state index contributed by atoms with van der Waals surface area (Å²) in [5.41, 5.74) is 3.56. The van der Waals surface area contributed by atoms with Gasteiger partial charge < -0.3 is 19.7 Å².